The van der Waals surface area contributed by atoms with Gasteiger partial charge in [-0.2, -0.15) is 0 Å². The Hall–Kier alpha value is -0.900. The number of nitrogens with zero attached hydrogens (tertiary/aromatic N) is 1. The van der Waals surface area contributed by atoms with E-state index in [4.69, 9.17) is 5.73 Å². The number of hydrogen-bond donors (Lipinski definition) is 1. The molecule has 0 spiro atoms. The molecule has 0 saturated heterocycles. The van der Waals surface area contributed by atoms with Crippen LogP contribution in [-0.2, 0) is 6.54 Å². The summed E-state index contributed by atoms with van der Waals surface area (Å²) in [4.78, 5) is 0. The molecule has 1 aliphatic rings. The summed E-state index contributed by atoms with van der Waals surface area (Å²) in [5, 5.41) is 0. The van der Waals surface area contributed by atoms with Gasteiger partial charge in [0.25, 0.3) is 0 Å². The van der Waals surface area contributed by atoms with Crippen molar-refractivity contribution in [1.29, 1.82) is 0 Å². The van der Waals surface area contributed by atoms with E-state index in [9.17, 15) is 8.78 Å². The van der Waals surface area contributed by atoms with E-state index in [1.54, 1.807) is 0 Å². The van der Waals surface area contributed by atoms with Crippen LogP contribution in [0.15, 0.2) is 18.5 Å². The highest BCUT2D eigenvalue weighted by molar-refractivity contribution is 5.14. The Labute approximate surface area is 107 Å². The lowest BCUT2D eigenvalue weighted by molar-refractivity contribution is 0.00437. The van der Waals surface area contributed by atoms with Crippen molar-refractivity contribution < 1.29 is 8.78 Å². The second kappa shape index (κ2) is 5.39. The van der Waals surface area contributed by atoms with E-state index < -0.39 is 5.92 Å². The van der Waals surface area contributed by atoms with Crippen LogP contribution in [0.25, 0.3) is 0 Å². The fourth-order valence-electron chi connectivity index (χ4n) is 2.77. The van der Waals surface area contributed by atoms with Crippen molar-refractivity contribution in [2.75, 3.05) is 0 Å². The Morgan fingerprint density at radius 3 is 2.94 bits per heavy atom. The van der Waals surface area contributed by atoms with Crippen molar-refractivity contribution >= 4 is 0 Å². The van der Waals surface area contributed by atoms with Gasteiger partial charge in [0.1, 0.15) is 0 Å². The SMILES string of the molecule is CCCC(N)c1ccn(CC2CCC(F)(F)C2)c1. The van der Waals surface area contributed by atoms with E-state index in [1.807, 2.05) is 23.0 Å². The maximum absolute atomic E-state index is 13.1. The summed E-state index contributed by atoms with van der Waals surface area (Å²) in [5.74, 6) is -2.35. The highest BCUT2D eigenvalue weighted by atomic mass is 19.3. The van der Waals surface area contributed by atoms with Crippen LogP contribution < -0.4 is 5.73 Å². The summed E-state index contributed by atoms with van der Waals surface area (Å²) < 4.78 is 28.2. The molecule has 0 radical (unpaired) electrons. The number of alkyl halides is 2. The molecule has 2 atom stereocenters. The molecular weight excluding hydrogens is 234 g/mol. The van der Waals surface area contributed by atoms with Crippen molar-refractivity contribution in [2.45, 2.75) is 57.5 Å². The number of halogens is 2. The molecule has 0 aromatic carbocycles. The molecule has 2 nitrogen and oxygen atoms in total. The Bertz CT molecular complexity index is 387. The van der Waals surface area contributed by atoms with Crippen LogP contribution in [0.5, 0.6) is 0 Å². The molecule has 0 aliphatic heterocycles. The average molecular weight is 256 g/mol. The highest BCUT2D eigenvalue weighted by Gasteiger charge is 2.39. The maximum Gasteiger partial charge on any atom is 0.248 e. The van der Waals surface area contributed by atoms with Gasteiger partial charge in [0.05, 0.1) is 0 Å². The summed E-state index contributed by atoms with van der Waals surface area (Å²) >= 11 is 0. The molecule has 1 heterocycles. The summed E-state index contributed by atoms with van der Waals surface area (Å²) in [7, 11) is 0. The molecule has 1 aromatic heterocycles. The fraction of sp³-hybridized carbons (Fsp3) is 0.714. The number of rotatable bonds is 5. The van der Waals surface area contributed by atoms with E-state index >= 15 is 0 Å². The van der Waals surface area contributed by atoms with E-state index in [2.05, 4.69) is 6.92 Å². The summed E-state index contributed by atoms with van der Waals surface area (Å²) in [6.45, 7) is 2.80. The minimum absolute atomic E-state index is 0.0293. The molecule has 102 valence electrons. The Morgan fingerprint density at radius 1 is 1.56 bits per heavy atom. The van der Waals surface area contributed by atoms with Crippen molar-refractivity contribution in [3.8, 4) is 0 Å². The lowest BCUT2D eigenvalue weighted by Gasteiger charge is -2.12. The molecule has 2 unspecified atom stereocenters. The normalized spacial score (nSPS) is 24.3. The second-order valence-electron chi connectivity index (χ2n) is 5.50. The lowest BCUT2D eigenvalue weighted by Crippen LogP contribution is -2.12. The molecular formula is C14H22F2N2. The van der Waals surface area contributed by atoms with Gasteiger partial charge in [-0.3, -0.25) is 0 Å². The predicted molar refractivity (Wildman–Crippen MR) is 68.6 cm³/mol. The molecule has 1 saturated carbocycles. The third kappa shape index (κ3) is 3.31. The van der Waals surface area contributed by atoms with Gasteiger partial charge in [-0.15, -0.1) is 0 Å². The first-order valence-electron chi connectivity index (χ1n) is 6.79. The molecule has 18 heavy (non-hydrogen) atoms. The van der Waals surface area contributed by atoms with Gasteiger partial charge in [-0.25, -0.2) is 8.78 Å². The molecule has 0 bridgehead atoms. The van der Waals surface area contributed by atoms with Gasteiger partial charge in [0.2, 0.25) is 5.92 Å². The van der Waals surface area contributed by atoms with Crippen molar-refractivity contribution in [3.05, 3.63) is 24.0 Å². The molecule has 0 amide bonds. The minimum Gasteiger partial charge on any atom is -0.354 e. The van der Waals surface area contributed by atoms with Gasteiger partial charge >= 0.3 is 0 Å². The first kappa shape index (κ1) is 13.5. The van der Waals surface area contributed by atoms with Crippen LogP contribution in [-0.4, -0.2) is 10.5 Å². The van der Waals surface area contributed by atoms with Crippen molar-refractivity contribution in [3.63, 3.8) is 0 Å². The van der Waals surface area contributed by atoms with E-state index in [0.29, 0.717) is 13.0 Å². The summed E-state index contributed by atoms with van der Waals surface area (Å²) in [5.41, 5.74) is 7.15. The summed E-state index contributed by atoms with van der Waals surface area (Å²) in [6.07, 6.45) is 6.69. The third-order valence-electron chi connectivity index (χ3n) is 3.78. The van der Waals surface area contributed by atoms with Crippen LogP contribution in [0.2, 0.25) is 0 Å². The maximum atomic E-state index is 13.1. The molecule has 2 N–H and O–H groups in total. The van der Waals surface area contributed by atoms with Gasteiger partial charge in [0.15, 0.2) is 0 Å². The first-order chi connectivity index (χ1) is 8.50. The largest absolute Gasteiger partial charge is 0.354 e. The number of aromatic nitrogens is 1. The van der Waals surface area contributed by atoms with Gasteiger partial charge in [-0.1, -0.05) is 13.3 Å². The highest BCUT2D eigenvalue weighted by Crippen LogP contribution is 2.39. The fourth-order valence-corrected chi connectivity index (χ4v) is 2.77. The standard InChI is InChI=1S/C14H22F2N2/c1-2-3-13(17)12-5-7-18(10-12)9-11-4-6-14(15,16)8-11/h5,7,10-11,13H,2-4,6,8-9,17H2,1H3. The second-order valence-corrected chi connectivity index (χ2v) is 5.50. The minimum atomic E-state index is -2.45. The third-order valence-corrected chi connectivity index (χ3v) is 3.78. The monoisotopic (exact) mass is 256 g/mol. The van der Waals surface area contributed by atoms with Gasteiger partial charge in [0, 0.05) is 37.8 Å². The van der Waals surface area contributed by atoms with Crippen LogP contribution in [0, 0.1) is 5.92 Å². The van der Waals surface area contributed by atoms with Gasteiger partial charge < -0.3 is 10.3 Å². The average Bonchev–Trinajstić information content (AvgIpc) is 2.86. The van der Waals surface area contributed by atoms with Gasteiger partial charge in [-0.05, 0) is 30.4 Å². The van der Waals surface area contributed by atoms with Crippen LogP contribution in [0.4, 0.5) is 8.78 Å². The van der Waals surface area contributed by atoms with E-state index in [0.717, 1.165) is 18.4 Å². The topological polar surface area (TPSA) is 30.9 Å². The van der Waals surface area contributed by atoms with Crippen LogP contribution in [0.1, 0.15) is 50.6 Å². The zero-order valence-corrected chi connectivity index (χ0v) is 10.9. The smallest absolute Gasteiger partial charge is 0.248 e. The zero-order chi connectivity index (χ0) is 13.2. The number of hydrogen-bond acceptors (Lipinski definition) is 1. The lowest BCUT2D eigenvalue weighted by atomic mass is 10.1. The zero-order valence-electron chi connectivity index (χ0n) is 10.9. The molecule has 2 rings (SSSR count). The Kier molecular flexibility index (Phi) is 4.05. The van der Waals surface area contributed by atoms with Crippen molar-refractivity contribution in [1.82, 2.24) is 4.57 Å². The van der Waals surface area contributed by atoms with E-state index in [-0.39, 0.29) is 24.8 Å². The Balaban J connectivity index is 1.91. The van der Waals surface area contributed by atoms with Crippen LogP contribution >= 0.6 is 0 Å². The van der Waals surface area contributed by atoms with E-state index in [1.165, 1.54) is 0 Å². The van der Waals surface area contributed by atoms with Crippen LogP contribution in [0.3, 0.4) is 0 Å². The Morgan fingerprint density at radius 2 is 2.33 bits per heavy atom. The molecule has 1 fully saturated rings. The number of nitrogens with two attached hydrogens (primary N) is 1. The molecule has 4 heteroatoms. The predicted octanol–water partition coefficient (Wildman–Crippen LogP) is 3.72. The molecule has 1 aromatic rings. The summed E-state index contributed by atoms with van der Waals surface area (Å²) in [6, 6.07) is 2.08. The first-order valence-corrected chi connectivity index (χ1v) is 6.79. The molecule has 1 aliphatic carbocycles. The van der Waals surface area contributed by atoms with Crippen molar-refractivity contribution in [2.24, 2.45) is 11.7 Å². The quantitative estimate of drug-likeness (QED) is 0.855.